The highest BCUT2D eigenvalue weighted by atomic mass is 16.4. The van der Waals surface area contributed by atoms with Crippen LogP contribution in [0.15, 0.2) is 65.1 Å². The number of benzene rings is 2. The number of carbonyl (C=O) groups is 1. The molecule has 1 aliphatic heterocycles. The van der Waals surface area contributed by atoms with Crippen molar-refractivity contribution in [1.82, 2.24) is 10.3 Å². The molecule has 0 radical (unpaired) electrons. The maximum absolute atomic E-state index is 12.0. The molecule has 2 aromatic carbocycles. The summed E-state index contributed by atoms with van der Waals surface area (Å²) in [6.07, 6.45) is 5.47. The Bertz CT molecular complexity index is 892. The normalized spacial score (nSPS) is 15.5. The Hall–Kier alpha value is -3.08. The second-order valence-corrected chi connectivity index (χ2v) is 6.88. The molecule has 1 fully saturated rings. The van der Waals surface area contributed by atoms with E-state index < -0.39 is 0 Å². The predicted molar refractivity (Wildman–Crippen MR) is 107 cm³/mol. The van der Waals surface area contributed by atoms with Gasteiger partial charge in [0.2, 0.25) is 5.91 Å². The summed E-state index contributed by atoms with van der Waals surface area (Å²) in [5.74, 6) is 0.444. The standard InChI is InChI=1S/C22H23N3O2/c26-21(11-10-17-6-2-1-3-7-17)23-16-18-12-14-25(15-13-18)22-24-19-8-4-5-9-20(19)27-22/h1-11,18H,12-16H2,(H,23,26)/b11-10+. The van der Waals surface area contributed by atoms with Crippen LogP contribution < -0.4 is 10.2 Å². The lowest BCUT2D eigenvalue weighted by atomic mass is 9.97. The van der Waals surface area contributed by atoms with Crippen LogP contribution >= 0.6 is 0 Å². The first-order valence-electron chi connectivity index (χ1n) is 9.39. The number of rotatable bonds is 5. The van der Waals surface area contributed by atoms with Crippen LogP contribution in [0.4, 0.5) is 6.01 Å². The molecular weight excluding hydrogens is 338 g/mol. The van der Waals surface area contributed by atoms with E-state index in [1.807, 2.05) is 60.7 Å². The van der Waals surface area contributed by atoms with Crippen molar-refractivity contribution in [2.24, 2.45) is 5.92 Å². The lowest BCUT2D eigenvalue weighted by Gasteiger charge is -2.30. The SMILES string of the molecule is O=C(/C=C/c1ccccc1)NCC1CCN(c2nc3ccccc3o2)CC1. The van der Waals surface area contributed by atoms with Gasteiger partial charge in [0.05, 0.1) is 0 Å². The molecule has 1 aliphatic rings. The van der Waals surface area contributed by atoms with E-state index in [2.05, 4.69) is 15.2 Å². The van der Waals surface area contributed by atoms with Gasteiger partial charge in [0.15, 0.2) is 5.58 Å². The second-order valence-electron chi connectivity index (χ2n) is 6.88. The van der Waals surface area contributed by atoms with Gasteiger partial charge >= 0.3 is 0 Å². The number of anilines is 1. The highest BCUT2D eigenvalue weighted by Gasteiger charge is 2.22. The van der Waals surface area contributed by atoms with Gasteiger partial charge in [0.25, 0.3) is 6.01 Å². The van der Waals surface area contributed by atoms with Crippen molar-refractivity contribution in [2.45, 2.75) is 12.8 Å². The number of hydrogen-bond donors (Lipinski definition) is 1. The molecule has 4 rings (SSSR count). The third-order valence-corrected chi connectivity index (χ3v) is 4.96. The molecule has 5 nitrogen and oxygen atoms in total. The summed E-state index contributed by atoms with van der Waals surface area (Å²) < 4.78 is 5.85. The number of aromatic nitrogens is 1. The summed E-state index contributed by atoms with van der Waals surface area (Å²) in [6, 6.07) is 18.4. The monoisotopic (exact) mass is 361 g/mol. The van der Waals surface area contributed by atoms with E-state index >= 15 is 0 Å². The van der Waals surface area contributed by atoms with Crippen molar-refractivity contribution in [3.05, 3.63) is 66.2 Å². The number of hydrogen-bond acceptors (Lipinski definition) is 4. The van der Waals surface area contributed by atoms with Crippen LogP contribution in [-0.4, -0.2) is 30.5 Å². The second kappa shape index (κ2) is 8.08. The van der Waals surface area contributed by atoms with Gasteiger partial charge < -0.3 is 14.6 Å². The van der Waals surface area contributed by atoms with Crippen LogP contribution in [0, 0.1) is 5.92 Å². The molecular formula is C22H23N3O2. The zero-order chi connectivity index (χ0) is 18.5. The molecule has 1 saturated heterocycles. The fraction of sp³-hybridized carbons (Fsp3) is 0.273. The number of oxazole rings is 1. The minimum Gasteiger partial charge on any atom is -0.423 e. The molecule has 0 saturated carbocycles. The quantitative estimate of drug-likeness (QED) is 0.701. The van der Waals surface area contributed by atoms with Gasteiger partial charge in [-0.15, -0.1) is 0 Å². The van der Waals surface area contributed by atoms with Crippen molar-refractivity contribution in [3.8, 4) is 0 Å². The summed E-state index contributed by atoms with van der Waals surface area (Å²) >= 11 is 0. The van der Waals surface area contributed by atoms with E-state index in [0.29, 0.717) is 18.5 Å². The summed E-state index contributed by atoms with van der Waals surface area (Å²) in [7, 11) is 0. The number of piperidine rings is 1. The van der Waals surface area contributed by atoms with E-state index in [4.69, 9.17) is 4.42 Å². The van der Waals surface area contributed by atoms with Gasteiger partial charge in [0.1, 0.15) is 5.52 Å². The summed E-state index contributed by atoms with van der Waals surface area (Å²) in [5, 5.41) is 3.02. The average molecular weight is 361 g/mol. The van der Waals surface area contributed by atoms with E-state index in [1.54, 1.807) is 6.08 Å². The molecule has 1 N–H and O–H groups in total. The molecule has 1 aromatic heterocycles. The van der Waals surface area contributed by atoms with Gasteiger partial charge in [-0.05, 0) is 42.5 Å². The van der Waals surface area contributed by atoms with Crippen LogP contribution in [0.5, 0.6) is 0 Å². The molecule has 1 amide bonds. The number of nitrogens with one attached hydrogen (secondary N) is 1. The average Bonchev–Trinajstić information content (AvgIpc) is 3.16. The molecule has 0 unspecified atom stereocenters. The number of para-hydroxylation sites is 2. The number of nitrogens with zero attached hydrogens (tertiary/aromatic N) is 2. The maximum Gasteiger partial charge on any atom is 0.298 e. The molecule has 0 spiro atoms. The van der Waals surface area contributed by atoms with E-state index in [9.17, 15) is 4.79 Å². The fourth-order valence-electron chi connectivity index (χ4n) is 3.36. The Balaban J connectivity index is 1.24. The van der Waals surface area contributed by atoms with Crippen LogP contribution in [0.3, 0.4) is 0 Å². The highest BCUT2D eigenvalue weighted by molar-refractivity contribution is 5.91. The van der Waals surface area contributed by atoms with Gasteiger partial charge in [-0.2, -0.15) is 4.98 Å². The zero-order valence-electron chi connectivity index (χ0n) is 15.2. The van der Waals surface area contributed by atoms with Crippen molar-refractivity contribution >= 4 is 29.1 Å². The Morgan fingerprint density at radius 3 is 2.63 bits per heavy atom. The Labute approximate surface area is 158 Å². The number of amides is 1. The molecule has 27 heavy (non-hydrogen) atoms. The lowest BCUT2D eigenvalue weighted by molar-refractivity contribution is -0.116. The van der Waals surface area contributed by atoms with Gasteiger partial charge in [0, 0.05) is 25.7 Å². The molecule has 0 atom stereocenters. The summed E-state index contributed by atoms with van der Waals surface area (Å²) in [5.41, 5.74) is 2.75. The van der Waals surface area contributed by atoms with Gasteiger partial charge in [-0.1, -0.05) is 42.5 Å². The summed E-state index contributed by atoms with van der Waals surface area (Å²) in [6.45, 7) is 2.50. The lowest BCUT2D eigenvalue weighted by Crippen LogP contribution is -2.38. The first-order valence-corrected chi connectivity index (χ1v) is 9.39. The van der Waals surface area contributed by atoms with Gasteiger partial charge in [-0.3, -0.25) is 4.79 Å². The molecule has 5 heteroatoms. The van der Waals surface area contributed by atoms with E-state index in [-0.39, 0.29) is 5.91 Å². The van der Waals surface area contributed by atoms with Crippen molar-refractivity contribution in [2.75, 3.05) is 24.5 Å². The fourth-order valence-corrected chi connectivity index (χ4v) is 3.36. The minimum atomic E-state index is -0.0415. The van der Waals surface area contributed by atoms with Gasteiger partial charge in [-0.25, -0.2) is 0 Å². The van der Waals surface area contributed by atoms with Crippen LogP contribution in [0.2, 0.25) is 0 Å². The predicted octanol–water partition coefficient (Wildman–Crippen LogP) is 3.87. The number of fused-ring (bicyclic) bond motifs is 1. The molecule has 0 bridgehead atoms. The molecule has 3 aromatic rings. The first-order chi connectivity index (χ1) is 13.3. The smallest absolute Gasteiger partial charge is 0.298 e. The Kier molecular flexibility index (Phi) is 5.19. The van der Waals surface area contributed by atoms with Crippen molar-refractivity contribution < 1.29 is 9.21 Å². The topological polar surface area (TPSA) is 58.4 Å². The zero-order valence-corrected chi connectivity index (χ0v) is 15.2. The Morgan fingerprint density at radius 1 is 1.11 bits per heavy atom. The van der Waals surface area contributed by atoms with Crippen LogP contribution in [0.1, 0.15) is 18.4 Å². The van der Waals surface area contributed by atoms with Crippen molar-refractivity contribution in [1.29, 1.82) is 0 Å². The molecule has 2 heterocycles. The first kappa shape index (κ1) is 17.3. The van der Waals surface area contributed by atoms with E-state index in [1.165, 1.54) is 0 Å². The minimum absolute atomic E-state index is 0.0415. The van der Waals surface area contributed by atoms with E-state index in [0.717, 1.165) is 42.6 Å². The molecule has 138 valence electrons. The Morgan fingerprint density at radius 2 is 1.85 bits per heavy atom. The largest absolute Gasteiger partial charge is 0.423 e. The third kappa shape index (κ3) is 4.37. The third-order valence-electron chi connectivity index (χ3n) is 4.96. The van der Waals surface area contributed by atoms with Crippen LogP contribution in [-0.2, 0) is 4.79 Å². The number of carbonyl (C=O) groups excluding carboxylic acids is 1. The van der Waals surface area contributed by atoms with Crippen LogP contribution in [0.25, 0.3) is 17.2 Å². The molecule has 0 aliphatic carbocycles. The van der Waals surface area contributed by atoms with Crippen molar-refractivity contribution in [3.63, 3.8) is 0 Å². The maximum atomic E-state index is 12.0. The highest BCUT2D eigenvalue weighted by Crippen LogP contribution is 2.26. The summed E-state index contributed by atoms with van der Waals surface area (Å²) in [4.78, 5) is 18.8.